The first-order chi connectivity index (χ1) is 9.22. The van der Waals surface area contributed by atoms with Gasteiger partial charge in [-0.1, -0.05) is 46.3 Å². The summed E-state index contributed by atoms with van der Waals surface area (Å²) in [6.07, 6.45) is -0.0140. The number of halogens is 1. The first-order valence-corrected chi connectivity index (χ1v) is 7.04. The lowest BCUT2D eigenvalue weighted by Gasteiger charge is -2.18. The van der Waals surface area contributed by atoms with E-state index in [1.54, 1.807) is 0 Å². The van der Waals surface area contributed by atoms with Gasteiger partial charge in [0.25, 0.3) is 0 Å². The Hall–Kier alpha value is -1.56. The summed E-state index contributed by atoms with van der Waals surface area (Å²) >= 11 is 3.25. The third-order valence-electron chi connectivity index (χ3n) is 2.82. The molecule has 1 aliphatic rings. The number of carbonyl (C=O) groups excluding carboxylic acids is 2. The molecule has 0 aromatic heterocycles. The van der Waals surface area contributed by atoms with Crippen LogP contribution in [0.15, 0.2) is 30.3 Å². The van der Waals surface area contributed by atoms with Gasteiger partial charge in [-0.3, -0.25) is 4.90 Å². The Kier molecular flexibility index (Phi) is 4.79. The number of hydrogen-bond acceptors (Lipinski definition) is 4. The molecule has 102 valence electrons. The van der Waals surface area contributed by atoms with Gasteiger partial charge in [-0.15, -0.1) is 0 Å². The Balaban J connectivity index is 1.91. The molecule has 1 heterocycles. The molecule has 0 spiro atoms. The summed E-state index contributed by atoms with van der Waals surface area (Å²) in [6, 6.07) is 8.83. The van der Waals surface area contributed by atoms with Crippen molar-refractivity contribution in [2.75, 3.05) is 12.1 Å². The van der Waals surface area contributed by atoms with E-state index in [0.29, 0.717) is 11.8 Å². The molecule has 0 radical (unpaired) electrons. The lowest BCUT2D eigenvalue weighted by molar-refractivity contribution is -0.139. The summed E-state index contributed by atoms with van der Waals surface area (Å²) in [6.45, 7) is 0.148. The molecule has 0 bridgehead atoms. The van der Waals surface area contributed by atoms with E-state index in [1.165, 1.54) is 4.90 Å². The highest BCUT2D eigenvalue weighted by Gasteiger charge is 2.38. The van der Waals surface area contributed by atoms with Crippen molar-refractivity contribution in [3.05, 3.63) is 35.9 Å². The van der Waals surface area contributed by atoms with E-state index in [9.17, 15) is 9.59 Å². The van der Waals surface area contributed by atoms with Gasteiger partial charge in [0.05, 0.1) is 0 Å². The fraction of sp³-hybridized carbons (Fsp3) is 0.385. The van der Waals surface area contributed by atoms with Gasteiger partial charge in [-0.25, -0.2) is 9.59 Å². The lowest BCUT2D eigenvalue weighted by atomic mass is 10.2. The molecule has 1 aromatic rings. The number of amides is 1. The Morgan fingerprint density at radius 2 is 2.16 bits per heavy atom. The number of nitrogens with zero attached hydrogens (tertiary/aromatic N) is 1. The molecule has 1 aliphatic heterocycles. The Bertz CT molecular complexity index is 451. The van der Waals surface area contributed by atoms with E-state index in [0.717, 1.165) is 5.56 Å². The molecule has 6 heteroatoms. The molecule has 1 aromatic carbocycles. The van der Waals surface area contributed by atoms with Crippen molar-refractivity contribution in [3.8, 4) is 0 Å². The number of carbonyl (C=O) groups is 2. The number of alkyl halides is 1. The molecule has 0 unspecified atom stereocenters. The maximum atomic E-state index is 11.9. The fourth-order valence-corrected chi connectivity index (χ4v) is 2.24. The molecule has 2 rings (SSSR count). The van der Waals surface area contributed by atoms with Crippen LogP contribution in [0.25, 0.3) is 0 Å². The number of ether oxygens (including phenoxy) is 2. The quantitative estimate of drug-likeness (QED) is 0.629. The molecule has 1 fully saturated rings. The van der Waals surface area contributed by atoms with Crippen molar-refractivity contribution in [2.45, 2.75) is 19.1 Å². The molecule has 19 heavy (non-hydrogen) atoms. The van der Waals surface area contributed by atoms with Gasteiger partial charge in [0.2, 0.25) is 0 Å². The summed E-state index contributed by atoms with van der Waals surface area (Å²) in [5.41, 5.74) is 0.902. The predicted octanol–water partition coefficient (Wildman–Crippen LogP) is 2.29. The molecule has 0 saturated carbocycles. The van der Waals surface area contributed by atoms with Gasteiger partial charge in [-0.05, 0) is 12.0 Å². The van der Waals surface area contributed by atoms with Crippen LogP contribution in [0.1, 0.15) is 12.0 Å². The van der Waals surface area contributed by atoms with Crippen LogP contribution in [-0.4, -0.2) is 35.1 Å². The van der Waals surface area contributed by atoms with Crippen molar-refractivity contribution in [3.63, 3.8) is 0 Å². The highest BCUT2D eigenvalue weighted by molar-refractivity contribution is 9.09. The zero-order valence-corrected chi connectivity index (χ0v) is 11.8. The first kappa shape index (κ1) is 13.9. The Morgan fingerprint density at radius 3 is 2.84 bits per heavy atom. The average molecular weight is 328 g/mol. The smallest absolute Gasteiger partial charge is 0.413 e. The second-order valence-electron chi connectivity index (χ2n) is 4.10. The van der Waals surface area contributed by atoms with Gasteiger partial charge in [0, 0.05) is 5.33 Å². The third kappa shape index (κ3) is 3.47. The SMILES string of the molecule is O=C1OCN(C(=O)OCc2ccccc2)[C@H]1CCBr. The highest BCUT2D eigenvalue weighted by Crippen LogP contribution is 2.17. The third-order valence-corrected chi connectivity index (χ3v) is 3.27. The number of hydrogen-bond donors (Lipinski definition) is 0. The Morgan fingerprint density at radius 1 is 1.42 bits per heavy atom. The van der Waals surface area contributed by atoms with E-state index < -0.39 is 12.1 Å². The number of rotatable bonds is 4. The topological polar surface area (TPSA) is 55.8 Å². The van der Waals surface area contributed by atoms with Crippen LogP contribution < -0.4 is 0 Å². The van der Waals surface area contributed by atoms with Gasteiger partial charge < -0.3 is 9.47 Å². The summed E-state index contributed by atoms with van der Waals surface area (Å²) in [5.74, 6) is -0.379. The molecule has 5 nitrogen and oxygen atoms in total. The average Bonchev–Trinajstić information content (AvgIpc) is 2.80. The largest absolute Gasteiger partial charge is 0.444 e. The van der Waals surface area contributed by atoms with Crippen molar-refractivity contribution in [2.24, 2.45) is 0 Å². The number of benzene rings is 1. The maximum Gasteiger partial charge on any atom is 0.413 e. The van der Waals surface area contributed by atoms with Crippen molar-refractivity contribution >= 4 is 28.0 Å². The summed E-state index contributed by atoms with van der Waals surface area (Å²) in [7, 11) is 0. The van der Waals surface area contributed by atoms with E-state index in [-0.39, 0.29) is 19.3 Å². The molecule has 0 N–H and O–H groups in total. The van der Waals surface area contributed by atoms with Crippen LogP contribution in [0, 0.1) is 0 Å². The lowest BCUT2D eigenvalue weighted by Crippen LogP contribution is -2.38. The van der Waals surface area contributed by atoms with E-state index >= 15 is 0 Å². The standard InChI is InChI=1S/C13H14BrNO4/c14-7-6-11-12(16)19-9-15(11)13(17)18-8-10-4-2-1-3-5-10/h1-5,11H,6-9H2/t11-/m0/s1. The molecule has 1 saturated heterocycles. The van der Waals surface area contributed by atoms with E-state index in [4.69, 9.17) is 9.47 Å². The minimum Gasteiger partial charge on any atom is -0.444 e. The highest BCUT2D eigenvalue weighted by atomic mass is 79.9. The van der Waals surface area contributed by atoms with Gasteiger partial charge in [0.1, 0.15) is 12.6 Å². The second kappa shape index (κ2) is 6.56. The van der Waals surface area contributed by atoms with Crippen LogP contribution in [0.3, 0.4) is 0 Å². The van der Waals surface area contributed by atoms with E-state index in [1.807, 2.05) is 30.3 Å². The summed E-state index contributed by atoms with van der Waals surface area (Å²) in [5, 5.41) is 0.620. The molecule has 1 amide bonds. The zero-order valence-electron chi connectivity index (χ0n) is 10.3. The number of cyclic esters (lactones) is 1. The monoisotopic (exact) mass is 327 g/mol. The van der Waals surface area contributed by atoms with Crippen molar-refractivity contribution in [1.82, 2.24) is 4.90 Å². The summed E-state index contributed by atoms with van der Waals surface area (Å²) < 4.78 is 10.0. The van der Waals surface area contributed by atoms with Crippen molar-refractivity contribution < 1.29 is 19.1 Å². The van der Waals surface area contributed by atoms with Crippen molar-refractivity contribution in [1.29, 1.82) is 0 Å². The van der Waals surface area contributed by atoms with Crippen LogP contribution in [0.4, 0.5) is 4.79 Å². The van der Waals surface area contributed by atoms with Gasteiger partial charge in [-0.2, -0.15) is 0 Å². The van der Waals surface area contributed by atoms with E-state index in [2.05, 4.69) is 15.9 Å². The van der Waals surface area contributed by atoms with Crippen LogP contribution in [-0.2, 0) is 20.9 Å². The fourth-order valence-electron chi connectivity index (χ4n) is 1.81. The normalized spacial score (nSPS) is 18.3. The minimum absolute atomic E-state index is 0.0376. The first-order valence-electron chi connectivity index (χ1n) is 5.92. The molecular weight excluding hydrogens is 314 g/mol. The summed E-state index contributed by atoms with van der Waals surface area (Å²) in [4.78, 5) is 24.7. The zero-order chi connectivity index (χ0) is 13.7. The van der Waals surface area contributed by atoms with Gasteiger partial charge >= 0.3 is 12.1 Å². The van der Waals surface area contributed by atoms with Crippen LogP contribution >= 0.6 is 15.9 Å². The number of esters is 1. The minimum atomic E-state index is -0.553. The second-order valence-corrected chi connectivity index (χ2v) is 4.89. The van der Waals surface area contributed by atoms with Crippen LogP contribution in [0.5, 0.6) is 0 Å². The molecule has 1 atom stereocenters. The van der Waals surface area contributed by atoms with Gasteiger partial charge in [0.15, 0.2) is 6.73 Å². The molecular formula is C13H14BrNO4. The molecule has 0 aliphatic carbocycles. The predicted molar refractivity (Wildman–Crippen MR) is 71.6 cm³/mol. The van der Waals surface area contributed by atoms with Crippen LogP contribution in [0.2, 0.25) is 0 Å². The maximum absolute atomic E-state index is 11.9. The Labute approximate surface area is 119 Å².